The van der Waals surface area contributed by atoms with E-state index in [9.17, 15) is 14.0 Å². The summed E-state index contributed by atoms with van der Waals surface area (Å²) in [4.78, 5) is 23.9. The number of hydrogen-bond donors (Lipinski definition) is 3. The molecule has 2 atom stereocenters. The smallest absolute Gasteiger partial charge is 0.423 e. The molecule has 0 aromatic heterocycles. The molecule has 112 valence electrons. The van der Waals surface area contributed by atoms with Crippen LogP contribution < -0.4 is 10.9 Å². The second kappa shape index (κ2) is 4.49. The van der Waals surface area contributed by atoms with Crippen molar-refractivity contribution in [3.05, 3.63) is 0 Å². The third-order valence-electron chi connectivity index (χ3n) is 5.19. The average molecular weight is 285 g/mol. The number of hydrogen-bond acceptors (Lipinski definition) is 2. The SMILES string of the molecule is CN(C(=O)NNC(=O)O)C1C2CC3CC1CC(F)(C3)C2. The van der Waals surface area contributed by atoms with Gasteiger partial charge in [0.15, 0.2) is 0 Å². The van der Waals surface area contributed by atoms with Crippen LogP contribution in [0, 0.1) is 17.8 Å². The van der Waals surface area contributed by atoms with E-state index in [1.807, 2.05) is 5.43 Å². The number of carboxylic acid groups (broad SMARTS) is 1. The molecule has 3 amide bonds. The van der Waals surface area contributed by atoms with E-state index in [-0.39, 0.29) is 17.9 Å². The van der Waals surface area contributed by atoms with Gasteiger partial charge in [-0.05, 0) is 49.9 Å². The van der Waals surface area contributed by atoms with Crippen molar-refractivity contribution in [1.82, 2.24) is 15.8 Å². The van der Waals surface area contributed by atoms with Crippen LogP contribution in [0.1, 0.15) is 32.1 Å². The van der Waals surface area contributed by atoms with Gasteiger partial charge in [0.1, 0.15) is 5.67 Å². The number of carbonyl (C=O) groups excluding carboxylic acids is 1. The number of hydrazine groups is 1. The van der Waals surface area contributed by atoms with Crippen molar-refractivity contribution in [2.75, 3.05) is 7.05 Å². The fourth-order valence-corrected chi connectivity index (χ4v) is 4.86. The third kappa shape index (κ3) is 2.19. The van der Waals surface area contributed by atoms with E-state index >= 15 is 0 Å². The number of urea groups is 1. The summed E-state index contributed by atoms with van der Waals surface area (Å²) < 4.78 is 14.6. The summed E-state index contributed by atoms with van der Waals surface area (Å²) >= 11 is 0. The lowest BCUT2D eigenvalue weighted by Crippen LogP contribution is -2.62. The fourth-order valence-electron chi connectivity index (χ4n) is 4.86. The van der Waals surface area contributed by atoms with Crippen LogP contribution in [0.5, 0.6) is 0 Å². The number of halogens is 1. The van der Waals surface area contributed by atoms with Gasteiger partial charge < -0.3 is 10.0 Å². The van der Waals surface area contributed by atoms with Crippen molar-refractivity contribution in [3.63, 3.8) is 0 Å². The Kier molecular flexibility index (Phi) is 3.02. The molecule has 0 aromatic carbocycles. The molecule has 4 rings (SSSR count). The van der Waals surface area contributed by atoms with Gasteiger partial charge in [0.05, 0.1) is 0 Å². The Hall–Kier alpha value is -1.53. The maximum Gasteiger partial charge on any atom is 0.423 e. The molecule has 4 fully saturated rings. The molecule has 0 aliphatic heterocycles. The summed E-state index contributed by atoms with van der Waals surface area (Å²) in [5.41, 5.74) is 2.98. The average Bonchev–Trinajstić information content (AvgIpc) is 2.32. The highest BCUT2D eigenvalue weighted by Crippen LogP contribution is 2.58. The van der Waals surface area contributed by atoms with Crippen LogP contribution in [0.25, 0.3) is 0 Å². The quantitative estimate of drug-likeness (QED) is 0.642. The molecule has 3 N–H and O–H groups in total. The molecule has 4 aliphatic carbocycles. The predicted octanol–water partition coefficient (Wildman–Crippen LogP) is 1.73. The molecule has 4 bridgehead atoms. The van der Waals surface area contributed by atoms with Gasteiger partial charge in [-0.1, -0.05) is 0 Å². The summed E-state index contributed by atoms with van der Waals surface area (Å²) in [5, 5.41) is 8.50. The zero-order chi connectivity index (χ0) is 14.5. The van der Waals surface area contributed by atoms with Crippen LogP contribution in [0.15, 0.2) is 0 Å². The number of nitrogens with one attached hydrogen (secondary N) is 2. The van der Waals surface area contributed by atoms with Crippen LogP contribution in [-0.4, -0.2) is 40.9 Å². The first-order valence-electron chi connectivity index (χ1n) is 7.08. The molecule has 0 heterocycles. The molecular formula is C13H20FN3O3. The van der Waals surface area contributed by atoms with Gasteiger partial charge in [0.25, 0.3) is 0 Å². The summed E-state index contributed by atoms with van der Waals surface area (Å²) in [6.45, 7) is 0. The molecule has 4 aliphatic rings. The molecule has 4 saturated carbocycles. The Bertz CT molecular complexity index is 429. The maximum atomic E-state index is 14.6. The van der Waals surface area contributed by atoms with E-state index in [4.69, 9.17) is 5.11 Å². The highest BCUT2D eigenvalue weighted by Gasteiger charge is 2.57. The van der Waals surface area contributed by atoms with Crippen molar-refractivity contribution in [1.29, 1.82) is 0 Å². The second-order valence-electron chi connectivity index (χ2n) is 6.58. The zero-order valence-corrected chi connectivity index (χ0v) is 11.4. The van der Waals surface area contributed by atoms with Gasteiger partial charge in [-0.2, -0.15) is 0 Å². The maximum absolute atomic E-state index is 14.6. The largest absolute Gasteiger partial charge is 0.464 e. The molecular weight excluding hydrogens is 265 g/mol. The molecule has 0 radical (unpaired) electrons. The lowest BCUT2D eigenvalue weighted by molar-refractivity contribution is -0.111. The van der Waals surface area contributed by atoms with Crippen molar-refractivity contribution in [2.24, 2.45) is 17.8 Å². The lowest BCUT2D eigenvalue weighted by Gasteiger charge is -2.58. The highest BCUT2D eigenvalue weighted by molar-refractivity contribution is 5.77. The summed E-state index contributed by atoms with van der Waals surface area (Å²) in [6.07, 6.45) is 2.42. The normalized spacial score (nSPS) is 41.3. The summed E-state index contributed by atoms with van der Waals surface area (Å²) in [7, 11) is 1.66. The van der Waals surface area contributed by atoms with E-state index in [2.05, 4.69) is 5.43 Å². The molecule has 7 heteroatoms. The monoisotopic (exact) mass is 285 g/mol. The number of alkyl halides is 1. The van der Waals surface area contributed by atoms with Gasteiger partial charge in [0.2, 0.25) is 0 Å². The van der Waals surface area contributed by atoms with Gasteiger partial charge in [-0.25, -0.2) is 24.8 Å². The van der Waals surface area contributed by atoms with E-state index in [1.165, 1.54) is 0 Å². The van der Waals surface area contributed by atoms with Crippen molar-refractivity contribution in [3.8, 4) is 0 Å². The molecule has 0 saturated heterocycles. The van der Waals surface area contributed by atoms with E-state index in [0.717, 1.165) is 12.8 Å². The van der Waals surface area contributed by atoms with Gasteiger partial charge in [-0.15, -0.1) is 0 Å². The first kappa shape index (κ1) is 13.5. The van der Waals surface area contributed by atoms with Gasteiger partial charge >= 0.3 is 12.1 Å². The minimum absolute atomic E-state index is 0.0195. The van der Waals surface area contributed by atoms with Crippen LogP contribution in [0.2, 0.25) is 0 Å². The van der Waals surface area contributed by atoms with Crippen LogP contribution >= 0.6 is 0 Å². The molecule has 2 unspecified atom stereocenters. The van der Waals surface area contributed by atoms with E-state index in [0.29, 0.717) is 25.2 Å². The van der Waals surface area contributed by atoms with Crippen LogP contribution in [-0.2, 0) is 0 Å². The Labute approximate surface area is 116 Å². The molecule has 6 nitrogen and oxygen atoms in total. The fraction of sp³-hybridized carbons (Fsp3) is 0.846. The van der Waals surface area contributed by atoms with Crippen molar-refractivity contribution in [2.45, 2.75) is 43.8 Å². The first-order chi connectivity index (χ1) is 9.38. The Morgan fingerprint density at radius 1 is 1.20 bits per heavy atom. The summed E-state index contributed by atoms with van der Waals surface area (Å²) in [6, 6.07) is -0.455. The lowest BCUT2D eigenvalue weighted by atomic mass is 9.52. The Balaban J connectivity index is 1.68. The Morgan fingerprint density at radius 2 is 1.80 bits per heavy atom. The minimum Gasteiger partial charge on any atom is -0.464 e. The number of carbonyl (C=O) groups is 2. The summed E-state index contributed by atoms with van der Waals surface area (Å²) in [5.74, 6) is 0.862. The third-order valence-corrected chi connectivity index (χ3v) is 5.19. The Morgan fingerprint density at radius 3 is 2.30 bits per heavy atom. The standard InChI is InChI=1S/C13H20FN3O3/c1-17(11(18)15-16-12(19)20)10-8-2-7-3-9(10)6-13(14,4-7)5-8/h7-10,16H,2-6H2,1H3,(H,15,18)(H,19,20). The predicted molar refractivity (Wildman–Crippen MR) is 68.6 cm³/mol. The van der Waals surface area contributed by atoms with Gasteiger partial charge in [0, 0.05) is 13.1 Å². The van der Waals surface area contributed by atoms with E-state index in [1.54, 1.807) is 11.9 Å². The number of amides is 3. The van der Waals surface area contributed by atoms with Gasteiger partial charge in [-0.3, -0.25) is 0 Å². The van der Waals surface area contributed by atoms with E-state index < -0.39 is 17.8 Å². The second-order valence-corrected chi connectivity index (χ2v) is 6.58. The van der Waals surface area contributed by atoms with Crippen molar-refractivity contribution >= 4 is 12.1 Å². The molecule has 0 spiro atoms. The highest BCUT2D eigenvalue weighted by atomic mass is 19.1. The number of nitrogens with zero attached hydrogens (tertiary/aromatic N) is 1. The molecule has 0 aromatic rings. The van der Waals surface area contributed by atoms with Crippen LogP contribution in [0.4, 0.5) is 14.0 Å². The van der Waals surface area contributed by atoms with Crippen LogP contribution in [0.3, 0.4) is 0 Å². The minimum atomic E-state index is -1.31. The number of rotatable bonds is 1. The topological polar surface area (TPSA) is 81.7 Å². The molecule has 20 heavy (non-hydrogen) atoms. The van der Waals surface area contributed by atoms with Crippen molar-refractivity contribution < 1.29 is 19.1 Å². The zero-order valence-electron chi connectivity index (χ0n) is 11.4. The first-order valence-corrected chi connectivity index (χ1v) is 7.08.